The first-order chi connectivity index (χ1) is 11.4. The van der Waals surface area contributed by atoms with Crippen LogP contribution >= 0.6 is 12.2 Å². The fourth-order valence-electron chi connectivity index (χ4n) is 1.80. The number of hydrogen-bond donors (Lipinski definition) is 3. The molecule has 0 radical (unpaired) electrons. The first kappa shape index (κ1) is 17.0. The molecular formula is C15H11N3O5S. The number of non-ortho nitro benzene ring substituents is 1. The molecule has 0 aliphatic carbocycles. The Labute approximate surface area is 141 Å². The van der Waals surface area contributed by atoms with Crippen molar-refractivity contribution in [2.75, 3.05) is 5.32 Å². The lowest BCUT2D eigenvalue weighted by molar-refractivity contribution is -0.384. The van der Waals surface area contributed by atoms with E-state index in [0.29, 0.717) is 5.69 Å². The number of carboxylic acid groups (broad SMARTS) is 1. The van der Waals surface area contributed by atoms with E-state index in [4.69, 9.17) is 17.3 Å². The van der Waals surface area contributed by atoms with Crippen LogP contribution in [0.4, 0.5) is 11.4 Å². The minimum atomic E-state index is -1.08. The molecule has 24 heavy (non-hydrogen) atoms. The van der Waals surface area contributed by atoms with Gasteiger partial charge >= 0.3 is 5.97 Å². The van der Waals surface area contributed by atoms with E-state index in [9.17, 15) is 19.7 Å². The molecule has 0 aromatic heterocycles. The van der Waals surface area contributed by atoms with Crippen LogP contribution in [0.25, 0.3) is 0 Å². The summed E-state index contributed by atoms with van der Waals surface area (Å²) in [6.45, 7) is 0. The van der Waals surface area contributed by atoms with E-state index in [1.165, 1.54) is 42.5 Å². The summed E-state index contributed by atoms with van der Waals surface area (Å²) >= 11 is 4.99. The summed E-state index contributed by atoms with van der Waals surface area (Å²) in [5, 5.41) is 24.6. The molecule has 0 bridgehead atoms. The number of carboxylic acids is 1. The molecule has 0 atom stereocenters. The van der Waals surface area contributed by atoms with Crippen molar-refractivity contribution in [2.24, 2.45) is 0 Å². The van der Waals surface area contributed by atoms with Gasteiger partial charge in [0.1, 0.15) is 0 Å². The molecular weight excluding hydrogens is 334 g/mol. The highest BCUT2D eigenvalue weighted by Gasteiger charge is 2.11. The molecule has 2 rings (SSSR count). The molecule has 3 N–H and O–H groups in total. The first-order valence-corrected chi connectivity index (χ1v) is 6.98. The number of rotatable bonds is 4. The van der Waals surface area contributed by atoms with Crippen LogP contribution < -0.4 is 10.6 Å². The molecule has 0 unspecified atom stereocenters. The van der Waals surface area contributed by atoms with Crippen molar-refractivity contribution in [3.05, 3.63) is 69.8 Å². The van der Waals surface area contributed by atoms with Crippen LogP contribution in [-0.2, 0) is 0 Å². The number of nitrogens with zero attached hydrogens (tertiary/aromatic N) is 1. The third kappa shape index (κ3) is 4.34. The maximum atomic E-state index is 12.0. The van der Waals surface area contributed by atoms with Gasteiger partial charge in [-0.15, -0.1) is 0 Å². The third-order valence-corrected chi connectivity index (χ3v) is 3.14. The highest BCUT2D eigenvalue weighted by atomic mass is 32.1. The Kier molecular flexibility index (Phi) is 5.17. The second kappa shape index (κ2) is 7.29. The molecule has 0 aliphatic heterocycles. The maximum Gasteiger partial charge on any atom is 0.335 e. The third-order valence-electron chi connectivity index (χ3n) is 2.93. The number of hydrogen-bond acceptors (Lipinski definition) is 5. The van der Waals surface area contributed by atoms with Crippen molar-refractivity contribution < 1.29 is 19.6 Å². The molecule has 8 nitrogen and oxygen atoms in total. The molecule has 9 heteroatoms. The number of carbonyl (C=O) groups is 2. The van der Waals surface area contributed by atoms with Crippen LogP contribution in [0.3, 0.4) is 0 Å². The van der Waals surface area contributed by atoms with Crippen molar-refractivity contribution in [2.45, 2.75) is 0 Å². The Hall–Kier alpha value is -3.33. The second-order valence-corrected chi connectivity index (χ2v) is 5.01. The van der Waals surface area contributed by atoms with Crippen molar-refractivity contribution in [3.63, 3.8) is 0 Å². The molecule has 122 valence electrons. The predicted molar refractivity (Wildman–Crippen MR) is 90.2 cm³/mol. The molecule has 2 aromatic carbocycles. The average Bonchev–Trinajstić information content (AvgIpc) is 2.55. The van der Waals surface area contributed by atoms with Crippen LogP contribution in [0.5, 0.6) is 0 Å². The summed E-state index contributed by atoms with van der Waals surface area (Å²) in [7, 11) is 0. The van der Waals surface area contributed by atoms with Gasteiger partial charge in [-0.3, -0.25) is 20.2 Å². The number of benzene rings is 2. The summed E-state index contributed by atoms with van der Waals surface area (Å²) in [4.78, 5) is 32.9. The number of aromatic carboxylic acids is 1. The molecule has 0 fully saturated rings. The fourth-order valence-corrected chi connectivity index (χ4v) is 2.01. The van der Waals surface area contributed by atoms with Crippen LogP contribution in [0, 0.1) is 10.1 Å². The zero-order valence-corrected chi connectivity index (χ0v) is 12.9. The Morgan fingerprint density at radius 2 is 1.75 bits per heavy atom. The summed E-state index contributed by atoms with van der Waals surface area (Å²) in [6, 6.07) is 11.0. The Balaban J connectivity index is 2.01. The molecule has 0 spiro atoms. The average molecular weight is 345 g/mol. The summed E-state index contributed by atoms with van der Waals surface area (Å²) in [5.41, 5.74) is 0.551. The molecule has 1 amide bonds. The van der Waals surface area contributed by atoms with Crippen LogP contribution in [-0.4, -0.2) is 27.0 Å². The van der Waals surface area contributed by atoms with E-state index in [-0.39, 0.29) is 21.9 Å². The molecule has 2 aromatic rings. The van der Waals surface area contributed by atoms with Gasteiger partial charge in [0.25, 0.3) is 11.6 Å². The summed E-state index contributed by atoms with van der Waals surface area (Å²) in [6.07, 6.45) is 0. The number of carbonyl (C=O) groups excluding carboxylic acids is 1. The van der Waals surface area contributed by atoms with Gasteiger partial charge in [0.2, 0.25) is 0 Å². The van der Waals surface area contributed by atoms with Crippen LogP contribution in [0.2, 0.25) is 0 Å². The van der Waals surface area contributed by atoms with Crippen molar-refractivity contribution >= 4 is 40.6 Å². The zero-order chi connectivity index (χ0) is 17.7. The Bertz CT molecular complexity index is 820. The van der Waals surface area contributed by atoms with E-state index in [1.807, 2.05) is 0 Å². The highest BCUT2D eigenvalue weighted by Crippen LogP contribution is 2.13. The number of nitro groups is 1. The van der Waals surface area contributed by atoms with Gasteiger partial charge < -0.3 is 10.4 Å². The van der Waals surface area contributed by atoms with Crippen molar-refractivity contribution in [1.82, 2.24) is 5.32 Å². The minimum Gasteiger partial charge on any atom is -0.478 e. The standard InChI is InChI=1S/C15H11N3O5S/c19-13(9-4-6-12(7-5-9)18(22)23)17-15(24)16-11-3-1-2-10(8-11)14(20)21/h1-8H,(H,20,21)(H2,16,17,19,24). The lowest BCUT2D eigenvalue weighted by Gasteiger charge is -2.10. The first-order valence-electron chi connectivity index (χ1n) is 6.57. The molecule has 0 heterocycles. The van der Waals surface area contributed by atoms with Gasteiger partial charge in [-0.25, -0.2) is 4.79 Å². The van der Waals surface area contributed by atoms with Gasteiger partial charge in [0, 0.05) is 23.4 Å². The number of thiocarbonyl (C=S) groups is 1. The van der Waals surface area contributed by atoms with Crippen LogP contribution in [0.1, 0.15) is 20.7 Å². The second-order valence-electron chi connectivity index (χ2n) is 4.60. The van der Waals surface area contributed by atoms with E-state index in [2.05, 4.69) is 10.6 Å². The van der Waals surface area contributed by atoms with E-state index in [1.54, 1.807) is 6.07 Å². The van der Waals surface area contributed by atoms with Gasteiger partial charge in [-0.1, -0.05) is 6.07 Å². The minimum absolute atomic E-state index is 0.0270. The number of amides is 1. The van der Waals surface area contributed by atoms with Gasteiger partial charge in [0.05, 0.1) is 10.5 Å². The Morgan fingerprint density at radius 3 is 2.33 bits per heavy atom. The van der Waals surface area contributed by atoms with Gasteiger partial charge in [-0.2, -0.15) is 0 Å². The Morgan fingerprint density at radius 1 is 1.08 bits per heavy atom. The summed E-state index contributed by atoms with van der Waals surface area (Å²) in [5.74, 6) is -1.63. The van der Waals surface area contributed by atoms with E-state index >= 15 is 0 Å². The SMILES string of the molecule is O=C(O)c1cccc(NC(=S)NC(=O)c2ccc([N+](=O)[O-])cc2)c1. The fraction of sp³-hybridized carbons (Fsp3) is 0. The number of nitrogens with one attached hydrogen (secondary N) is 2. The summed E-state index contributed by atoms with van der Waals surface area (Å²) < 4.78 is 0. The van der Waals surface area contributed by atoms with Crippen molar-refractivity contribution in [3.8, 4) is 0 Å². The largest absolute Gasteiger partial charge is 0.478 e. The molecule has 0 saturated heterocycles. The zero-order valence-electron chi connectivity index (χ0n) is 12.1. The highest BCUT2D eigenvalue weighted by molar-refractivity contribution is 7.80. The number of anilines is 1. The monoisotopic (exact) mass is 345 g/mol. The van der Waals surface area contributed by atoms with Crippen molar-refractivity contribution in [1.29, 1.82) is 0 Å². The quantitative estimate of drug-likeness (QED) is 0.442. The van der Waals surface area contributed by atoms with Gasteiger partial charge in [0.15, 0.2) is 5.11 Å². The lowest BCUT2D eigenvalue weighted by atomic mass is 10.2. The topological polar surface area (TPSA) is 122 Å². The number of nitro benzene ring substituents is 1. The lowest BCUT2D eigenvalue weighted by Crippen LogP contribution is -2.34. The van der Waals surface area contributed by atoms with E-state index < -0.39 is 16.8 Å². The molecule has 0 saturated carbocycles. The van der Waals surface area contributed by atoms with Gasteiger partial charge in [-0.05, 0) is 42.5 Å². The van der Waals surface area contributed by atoms with Crippen LogP contribution in [0.15, 0.2) is 48.5 Å². The smallest absolute Gasteiger partial charge is 0.335 e. The normalized spacial score (nSPS) is 9.83. The molecule has 0 aliphatic rings. The van der Waals surface area contributed by atoms with E-state index in [0.717, 1.165) is 0 Å². The maximum absolute atomic E-state index is 12.0. The predicted octanol–water partition coefficient (Wildman–Crippen LogP) is 2.42.